The SMILES string of the molecule is O=C(Cc1cc(Cl)ccc1Cl)NCCCn1cncn1. The molecular weight excluding hydrogens is 299 g/mol. The van der Waals surface area contributed by atoms with E-state index in [2.05, 4.69) is 15.4 Å². The monoisotopic (exact) mass is 312 g/mol. The van der Waals surface area contributed by atoms with E-state index < -0.39 is 0 Å². The number of nitrogens with zero attached hydrogens (tertiary/aromatic N) is 3. The van der Waals surface area contributed by atoms with E-state index in [1.54, 1.807) is 29.2 Å². The van der Waals surface area contributed by atoms with Gasteiger partial charge in [-0.05, 0) is 30.2 Å². The smallest absolute Gasteiger partial charge is 0.224 e. The van der Waals surface area contributed by atoms with E-state index in [4.69, 9.17) is 23.2 Å². The summed E-state index contributed by atoms with van der Waals surface area (Å²) in [5.41, 5.74) is 0.730. The molecule has 1 amide bonds. The number of aryl methyl sites for hydroxylation is 1. The summed E-state index contributed by atoms with van der Waals surface area (Å²) in [6.45, 7) is 1.30. The minimum atomic E-state index is -0.0762. The van der Waals surface area contributed by atoms with Crippen LogP contribution in [0.1, 0.15) is 12.0 Å². The second-order valence-electron chi connectivity index (χ2n) is 4.27. The molecule has 0 radical (unpaired) electrons. The second kappa shape index (κ2) is 7.26. The molecule has 7 heteroatoms. The van der Waals surface area contributed by atoms with Crippen LogP contribution in [0.15, 0.2) is 30.9 Å². The summed E-state index contributed by atoms with van der Waals surface area (Å²) in [6, 6.07) is 5.10. The number of hydrogen-bond acceptors (Lipinski definition) is 3. The van der Waals surface area contributed by atoms with Gasteiger partial charge in [-0.3, -0.25) is 9.48 Å². The molecule has 1 aromatic heterocycles. The fourth-order valence-electron chi connectivity index (χ4n) is 1.73. The minimum absolute atomic E-state index is 0.0762. The molecule has 0 fully saturated rings. The molecule has 2 aromatic rings. The standard InChI is InChI=1S/C13H14Cl2N4O/c14-11-2-3-12(15)10(6-11)7-13(20)17-4-1-5-19-9-16-8-18-19/h2-3,6,8-9H,1,4-5,7H2,(H,17,20). The van der Waals surface area contributed by atoms with Gasteiger partial charge in [-0.1, -0.05) is 23.2 Å². The molecule has 0 spiro atoms. The Hall–Kier alpha value is -1.59. The van der Waals surface area contributed by atoms with Gasteiger partial charge in [0.1, 0.15) is 12.7 Å². The molecule has 1 heterocycles. The lowest BCUT2D eigenvalue weighted by Gasteiger charge is -2.07. The Morgan fingerprint density at radius 3 is 2.95 bits per heavy atom. The van der Waals surface area contributed by atoms with Crippen LogP contribution in [-0.4, -0.2) is 27.2 Å². The summed E-state index contributed by atoms with van der Waals surface area (Å²) < 4.78 is 1.72. The van der Waals surface area contributed by atoms with Gasteiger partial charge in [0.05, 0.1) is 6.42 Å². The molecule has 1 aromatic carbocycles. The largest absolute Gasteiger partial charge is 0.356 e. The van der Waals surface area contributed by atoms with E-state index in [9.17, 15) is 4.79 Å². The van der Waals surface area contributed by atoms with Crippen LogP contribution in [0.5, 0.6) is 0 Å². The topological polar surface area (TPSA) is 59.8 Å². The number of carbonyl (C=O) groups is 1. The molecule has 0 saturated heterocycles. The normalized spacial score (nSPS) is 10.5. The molecule has 0 aliphatic heterocycles. The van der Waals surface area contributed by atoms with Crippen molar-refractivity contribution in [3.05, 3.63) is 46.5 Å². The van der Waals surface area contributed by atoms with Gasteiger partial charge in [-0.25, -0.2) is 4.98 Å². The van der Waals surface area contributed by atoms with Crippen molar-refractivity contribution in [2.45, 2.75) is 19.4 Å². The van der Waals surface area contributed by atoms with Crippen molar-refractivity contribution in [1.82, 2.24) is 20.1 Å². The van der Waals surface area contributed by atoms with Crippen molar-refractivity contribution in [2.24, 2.45) is 0 Å². The number of nitrogens with one attached hydrogen (secondary N) is 1. The first-order valence-corrected chi connectivity index (χ1v) is 6.94. The molecule has 0 bridgehead atoms. The van der Waals surface area contributed by atoms with Crippen LogP contribution >= 0.6 is 23.2 Å². The zero-order valence-corrected chi connectivity index (χ0v) is 12.2. The maximum atomic E-state index is 11.8. The summed E-state index contributed by atoms with van der Waals surface area (Å²) >= 11 is 11.9. The average molecular weight is 313 g/mol. The molecule has 0 atom stereocenters. The minimum Gasteiger partial charge on any atom is -0.356 e. The third kappa shape index (κ3) is 4.51. The molecule has 5 nitrogen and oxygen atoms in total. The first-order valence-electron chi connectivity index (χ1n) is 6.18. The first-order chi connectivity index (χ1) is 9.65. The zero-order chi connectivity index (χ0) is 14.4. The van der Waals surface area contributed by atoms with Gasteiger partial charge in [0.15, 0.2) is 0 Å². The van der Waals surface area contributed by atoms with Crippen LogP contribution in [0.25, 0.3) is 0 Å². The van der Waals surface area contributed by atoms with Gasteiger partial charge < -0.3 is 5.32 Å². The lowest BCUT2D eigenvalue weighted by molar-refractivity contribution is -0.120. The highest BCUT2D eigenvalue weighted by molar-refractivity contribution is 6.33. The lowest BCUT2D eigenvalue weighted by Crippen LogP contribution is -2.27. The highest BCUT2D eigenvalue weighted by Gasteiger charge is 2.07. The number of carbonyl (C=O) groups excluding carboxylic acids is 1. The van der Waals surface area contributed by atoms with Crippen LogP contribution in [-0.2, 0) is 17.8 Å². The van der Waals surface area contributed by atoms with Crippen molar-refractivity contribution in [1.29, 1.82) is 0 Å². The Morgan fingerprint density at radius 2 is 2.20 bits per heavy atom. The van der Waals surface area contributed by atoms with Crippen LogP contribution < -0.4 is 5.32 Å². The van der Waals surface area contributed by atoms with Gasteiger partial charge in [0, 0.05) is 23.1 Å². The molecular formula is C13H14Cl2N4O. The van der Waals surface area contributed by atoms with Crippen LogP contribution in [0.4, 0.5) is 0 Å². The highest BCUT2D eigenvalue weighted by atomic mass is 35.5. The molecule has 0 aliphatic rings. The lowest BCUT2D eigenvalue weighted by atomic mass is 10.1. The van der Waals surface area contributed by atoms with Gasteiger partial charge in [0.25, 0.3) is 0 Å². The van der Waals surface area contributed by atoms with E-state index in [1.807, 2.05) is 0 Å². The Morgan fingerprint density at radius 1 is 1.35 bits per heavy atom. The first kappa shape index (κ1) is 14.8. The van der Waals surface area contributed by atoms with Crippen molar-refractivity contribution < 1.29 is 4.79 Å². The second-order valence-corrected chi connectivity index (χ2v) is 5.12. The molecule has 0 aliphatic carbocycles. The Balaban J connectivity index is 1.73. The summed E-state index contributed by atoms with van der Waals surface area (Å²) in [7, 11) is 0. The molecule has 2 rings (SSSR count). The van der Waals surface area contributed by atoms with Crippen molar-refractivity contribution in [2.75, 3.05) is 6.54 Å². The summed E-state index contributed by atoms with van der Waals surface area (Å²) in [5, 5.41) is 7.94. The van der Waals surface area contributed by atoms with Crippen LogP contribution in [0.2, 0.25) is 10.0 Å². The Labute approximate surface area is 126 Å². The molecule has 106 valence electrons. The number of halogens is 2. The van der Waals surface area contributed by atoms with Gasteiger partial charge in [-0.15, -0.1) is 0 Å². The van der Waals surface area contributed by atoms with E-state index in [0.29, 0.717) is 16.6 Å². The van der Waals surface area contributed by atoms with Crippen molar-refractivity contribution in [3.8, 4) is 0 Å². The average Bonchev–Trinajstić information content (AvgIpc) is 2.92. The number of hydrogen-bond donors (Lipinski definition) is 1. The number of rotatable bonds is 6. The molecule has 20 heavy (non-hydrogen) atoms. The molecule has 1 N–H and O–H groups in total. The Kier molecular flexibility index (Phi) is 5.38. The number of aromatic nitrogens is 3. The van der Waals surface area contributed by atoms with Crippen LogP contribution in [0, 0.1) is 0 Å². The summed E-state index contributed by atoms with van der Waals surface area (Å²) in [5.74, 6) is -0.0762. The fourth-order valence-corrected chi connectivity index (χ4v) is 2.11. The van der Waals surface area contributed by atoms with Gasteiger partial charge in [0.2, 0.25) is 5.91 Å². The predicted molar refractivity (Wildman–Crippen MR) is 77.8 cm³/mol. The number of benzene rings is 1. The van der Waals surface area contributed by atoms with Crippen LogP contribution in [0.3, 0.4) is 0 Å². The highest BCUT2D eigenvalue weighted by Crippen LogP contribution is 2.20. The van der Waals surface area contributed by atoms with Gasteiger partial charge >= 0.3 is 0 Å². The third-order valence-corrected chi connectivity index (χ3v) is 3.32. The van der Waals surface area contributed by atoms with E-state index in [-0.39, 0.29) is 12.3 Å². The van der Waals surface area contributed by atoms with Crippen molar-refractivity contribution >= 4 is 29.1 Å². The van der Waals surface area contributed by atoms with E-state index >= 15 is 0 Å². The molecule has 0 unspecified atom stereocenters. The fraction of sp³-hybridized carbons (Fsp3) is 0.308. The Bertz CT molecular complexity index is 572. The number of amides is 1. The van der Waals surface area contributed by atoms with Crippen molar-refractivity contribution in [3.63, 3.8) is 0 Å². The quantitative estimate of drug-likeness (QED) is 0.833. The van der Waals surface area contributed by atoms with E-state index in [0.717, 1.165) is 18.5 Å². The maximum Gasteiger partial charge on any atom is 0.224 e. The van der Waals surface area contributed by atoms with E-state index in [1.165, 1.54) is 6.33 Å². The third-order valence-electron chi connectivity index (χ3n) is 2.71. The predicted octanol–water partition coefficient (Wildman–Crippen LogP) is 2.33. The molecule has 0 saturated carbocycles. The maximum absolute atomic E-state index is 11.8. The zero-order valence-electron chi connectivity index (χ0n) is 10.7. The van der Waals surface area contributed by atoms with Gasteiger partial charge in [-0.2, -0.15) is 5.10 Å². The summed E-state index contributed by atoms with van der Waals surface area (Å²) in [6.07, 6.45) is 4.15. The summed E-state index contributed by atoms with van der Waals surface area (Å²) in [4.78, 5) is 15.6.